The first kappa shape index (κ1) is 18.8. The third-order valence-corrected chi connectivity index (χ3v) is 7.88. The summed E-state index contributed by atoms with van der Waals surface area (Å²) >= 11 is 0. The van der Waals surface area contributed by atoms with E-state index in [9.17, 15) is 8.76 Å². The topological polar surface area (TPSA) is 46.6 Å². The number of hydrogen-bond donors (Lipinski definition) is 0. The number of hydrogen-bond acceptors (Lipinski definition) is 3. The molecule has 5 heteroatoms. The molecule has 2 atom stereocenters. The average Bonchev–Trinajstić information content (AvgIpc) is 2.96. The Hall–Kier alpha value is -1.53. The fourth-order valence-corrected chi connectivity index (χ4v) is 6.29. The summed E-state index contributed by atoms with van der Waals surface area (Å²) in [5, 5.41) is 0. The van der Waals surface area contributed by atoms with E-state index in [0.29, 0.717) is 18.0 Å². The number of benzene rings is 2. The van der Waals surface area contributed by atoms with Gasteiger partial charge in [0.15, 0.2) is 15.3 Å². The second-order valence-corrected chi connectivity index (χ2v) is 9.78. The minimum Gasteiger partial charge on any atom is -0.593 e. The second-order valence-electron chi connectivity index (χ2n) is 7.85. The molecule has 1 spiro atoms. The lowest BCUT2D eigenvalue weighted by Crippen LogP contribution is -2.54. The number of likely N-dealkylation sites (tertiary alicyclic amines) is 1. The predicted molar refractivity (Wildman–Crippen MR) is 108 cm³/mol. The molecule has 144 valence electrons. The van der Waals surface area contributed by atoms with Crippen LogP contribution in [0, 0.1) is 0 Å². The van der Waals surface area contributed by atoms with E-state index in [1.54, 1.807) is 28.6 Å². The van der Waals surface area contributed by atoms with Gasteiger partial charge in [0.05, 0.1) is 13.1 Å². The fourth-order valence-electron chi connectivity index (χ4n) is 4.77. The van der Waals surface area contributed by atoms with E-state index in [4.69, 9.17) is 0 Å². The Morgan fingerprint density at radius 3 is 2.52 bits per heavy atom. The highest BCUT2D eigenvalue weighted by atomic mass is 32.3. The first-order chi connectivity index (χ1) is 13.0. The van der Waals surface area contributed by atoms with Crippen molar-refractivity contribution in [2.24, 2.45) is 0 Å². The van der Waals surface area contributed by atoms with Crippen LogP contribution in [0.2, 0.25) is 0 Å². The lowest BCUT2D eigenvalue weighted by molar-refractivity contribution is 0.111. The highest BCUT2D eigenvalue weighted by molar-refractivity contribution is 7.95. The monoisotopic (exact) mass is 384 g/mol. The molecule has 27 heavy (non-hydrogen) atoms. The van der Waals surface area contributed by atoms with Crippen LogP contribution in [0.15, 0.2) is 59.5 Å². The molecule has 0 aromatic heterocycles. The Bertz CT molecular complexity index is 841. The highest BCUT2D eigenvalue weighted by Crippen LogP contribution is 2.39. The van der Waals surface area contributed by atoms with E-state index in [1.165, 1.54) is 5.56 Å². The molecule has 2 aliphatic rings. The number of rotatable bonds is 4. The molecule has 1 fully saturated rings. The van der Waals surface area contributed by atoms with Gasteiger partial charge in [-0.15, -0.1) is 4.31 Å². The van der Waals surface area contributed by atoms with Crippen LogP contribution >= 0.6 is 0 Å². The molecule has 0 amide bonds. The van der Waals surface area contributed by atoms with Crippen LogP contribution in [0.25, 0.3) is 0 Å². The van der Waals surface area contributed by atoms with Gasteiger partial charge in [-0.1, -0.05) is 53.6 Å². The molecule has 2 aromatic carbocycles. The van der Waals surface area contributed by atoms with E-state index in [-0.39, 0.29) is 5.54 Å². The van der Waals surface area contributed by atoms with Crippen molar-refractivity contribution in [2.45, 2.75) is 49.6 Å². The van der Waals surface area contributed by atoms with Gasteiger partial charge in [0.25, 0.3) is 0 Å². The Labute approximate surface area is 163 Å². The van der Waals surface area contributed by atoms with Crippen molar-refractivity contribution in [3.8, 4) is 0 Å². The number of sulfonamides is 1. The zero-order valence-corrected chi connectivity index (χ0v) is 16.8. The minimum absolute atomic E-state index is 0.0928. The minimum atomic E-state index is -3.52. The molecule has 0 radical (unpaired) electrons. The van der Waals surface area contributed by atoms with Gasteiger partial charge in [0.2, 0.25) is 0 Å². The normalized spacial score (nSPS) is 25.9. The zero-order valence-electron chi connectivity index (χ0n) is 16.0. The molecule has 2 aromatic rings. The van der Waals surface area contributed by atoms with Crippen molar-refractivity contribution in [3.05, 3.63) is 65.7 Å². The summed E-state index contributed by atoms with van der Waals surface area (Å²) in [6.45, 7) is 5.32. The molecule has 2 unspecified atom stereocenters. The number of fused-ring (bicyclic) bond motifs is 1. The van der Waals surface area contributed by atoms with Crippen molar-refractivity contribution < 1.29 is 8.76 Å². The summed E-state index contributed by atoms with van der Waals surface area (Å²) in [6, 6.07) is 17.2. The molecule has 2 aliphatic heterocycles. The summed E-state index contributed by atoms with van der Waals surface area (Å²) in [5.41, 5.74) is 2.34. The predicted octanol–water partition coefficient (Wildman–Crippen LogP) is 3.89. The number of nitrogens with zero attached hydrogens (tertiary/aromatic N) is 2. The Kier molecular flexibility index (Phi) is 5.21. The average molecular weight is 385 g/mol. The fraction of sp³-hybridized carbons (Fsp3) is 0.455. The Morgan fingerprint density at radius 2 is 1.78 bits per heavy atom. The van der Waals surface area contributed by atoms with Crippen molar-refractivity contribution in [2.75, 3.05) is 19.6 Å². The molecule has 2 heterocycles. The molecule has 0 aliphatic carbocycles. The molecular formula is C22H28N2O2S. The van der Waals surface area contributed by atoms with E-state index in [0.717, 1.165) is 44.3 Å². The van der Waals surface area contributed by atoms with Crippen molar-refractivity contribution in [1.29, 1.82) is 0 Å². The van der Waals surface area contributed by atoms with Crippen molar-refractivity contribution >= 4 is 10.4 Å². The molecule has 0 N–H and O–H groups in total. The van der Waals surface area contributed by atoms with Gasteiger partial charge >= 0.3 is 0 Å². The van der Waals surface area contributed by atoms with Gasteiger partial charge in [0.1, 0.15) is 0 Å². The van der Waals surface area contributed by atoms with Gasteiger partial charge in [0, 0.05) is 5.54 Å². The van der Waals surface area contributed by atoms with Crippen molar-refractivity contribution in [3.63, 3.8) is 0 Å². The maximum absolute atomic E-state index is 13.5. The third-order valence-electron chi connectivity index (χ3n) is 6.07. The van der Waals surface area contributed by atoms with Gasteiger partial charge in [-0.3, -0.25) is 4.90 Å². The van der Waals surface area contributed by atoms with Crippen LogP contribution < -0.4 is 0 Å². The smallest absolute Gasteiger partial charge is 0.175 e. The van der Waals surface area contributed by atoms with E-state index >= 15 is 0 Å². The maximum atomic E-state index is 13.5. The van der Waals surface area contributed by atoms with Crippen LogP contribution in [0.3, 0.4) is 0 Å². The molecule has 4 nitrogen and oxygen atoms in total. The van der Waals surface area contributed by atoms with Crippen LogP contribution in [0.4, 0.5) is 0 Å². The van der Waals surface area contributed by atoms with Gasteiger partial charge in [-0.2, -0.15) is 0 Å². The van der Waals surface area contributed by atoms with E-state index in [1.807, 2.05) is 12.1 Å². The van der Waals surface area contributed by atoms with Crippen LogP contribution in [-0.4, -0.2) is 38.9 Å². The first-order valence-corrected chi connectivity index (χ1v) is 11.4. The standard InChI is InChI=1S/C22H28N2O2S/c1-2-14-23-15-8-13-22(23)16-19-9-6-7-10-20(19)17-24(18-22)27(25,26)21-11-4-3-5-12-21/h3-7,9-12H,2,8,13-18H2,1H3. The Morgan fingerprint density at radius 1 is 1.07 bits per heavy atom. The largest absolute Gasteiger partial charge is 0.593 e. The van der Waals surface area contributed by atoms with Crippen LogP contribution in [0.1, 0.15) is 37.3 Å². The molecule has 4 rings (SSSR count). The summed E-state index contributed by atoms with van der Waals surface area (Å²) in [6.07, 6.45) is 4.22. The summed E-state index contributed by atoms with van der Waals surface area (Å²) < 4.78 is 28.6. The summed E-state index contributed by atoms with van der Waals surface area (Å²) in [4.78, 5) is 2.93. The van der Waals surface area contributed by atoms with Gasteiger partial charge in [-0.05, 0) is 62.0 Å². The second kappa shape index (κ2) is 7.47. The van der Waals surface area contributed by atoms with E-state index in [2.05, 4.69) is 30.0 Å². The maximum Gasteiger partial charge on any atom is 0.175 e. The molecule has 0 saturated carbocycles. The lowest BCUT2D eigenvalue weighted by Gasteiger charge is -2.40. The first-order valence-electron chi connectivity index (χ1n) is 9.92. The molecule has 0 bridgehead atoms. The van der Waals surface area contributed by atoms with Crippen molar-refractivity contribution in [1.82, 2.24) is 9.21 Å². The van der Waals surface area contributed by atoms with Gasteiger partial charge < -0.3 is 4.55 Å². The molecular weight excluding hydrogens is 356 g/mol. The van der Waals surface area contributed by atoms with Crippen LogP contribution in [-0.2, 0) is 27.6 Å². The Balaban J connectivity index is 1.77. The summed E-state index contributed by atoms with van der Waals surface area (Å²) in [5.74, 6) is 0. The summed E-state index contributed by atoms with van der Waals surface area (Å²) in [7, 11) is -3.52. The lowest BCUT2D eigenvalue weighted by atomic mass is 9.87. The van der Waals surface area contributed by atoms with Crippen LogP contribution in [0.5, 0.6) is 0 Å². The zero-order chi connectivity index (χ0) is 18.9. The molecule has 1 saturated heterocycles. The third kappa shape index (κ3) is 3.49. The SMILES string of the molecule is CCCN1CCCC12Cc1ccccc1CN([S+](=O)([O-])c1ccccc1)C2. The quantitative estimate of drug-likeness (QED) is 0.751. The van der Waals surface area contributed by atoms with Gasteiger partial charge in [-0.25, -0.2) is 0 Å². The highest BCUT2D eigenvalue weighted by Gasteiger charge is 2.47. The van der Waals surface area contributed by atoms with E-state index < -0.39 is 10.4 Å².